The number of fused-ring (bicyclic) bond motifs is 1. The van der Waals surface area contributed by atoms with Crippen LogP contribution in [0.3, 0.4) is 0 Å². The minimum atomic E-state index is -0.339. The van der Waals surface area contributed by atoms with Crippen LogP contribution in [0.5, 0.6) is 5.75 Å². The third-order valence-corrected chi connectivity index (χ3v) is 7.31. The van der Waals surface area contributed by atoms with Crippen molar-refractivity contribution >= 4 is 11.8 Å². The summed E-state index contributed by atoms with van der Waals surface area (Å²) >= 11 is 0. The van der Waals surface area contributed by atoms with Gasteiger partial charge >= 0.3 is 0 Å². The molecule has 0 bridgehead atoms. The Labute approximate surface area is 212 Å². The van der Waals surface area contributed by atoms with Gasteiger partial charge in [-0.3, -0.25) is 14.5 Å². The maximum Gasteiger partial charge on any atom is 0.255 e. The van der Waals surface area contributed by atoms with Crippen LogP contribution in [-0.4, -0.2) is 47.9 Å². The van der Waals surface area contributed by atoms with Crippen molar-refractivity contribution in [1.29, 1.82) is 0 Å². The first-order chi connectivity index (χ1) is 17.6. The van der Waals surface area contributed by atoms with Crippen molar-refractivity contribution in [3.63, 3.8) is 0 Å². The van der Waals surface area contributed by atoms with Crippen LogP contribution in [0.1, 0.15) is 52.4 Å². The van der Waals surface area contributed by atoms with Crippen molar-refractivity contribution in [2.45, 2.75) is 44.4 Å². The fourth-order valence-electron chi connectivity index (χ4n) is 5.30. The van der Waals surface area contributed by atoms with Crippen LogP contribution in [0, 0.1) is 0 Å². The van der Waals surface area contributed by atoms with Crippen LogP contribution >= 0.6 is 0 Å². The SMILES string of the molecule is COc1ccc(C(CC(=O)NC2CCN(Cc3ccccc3)CC2)N2Cc3ccccc3C2=O)cc1. The third kappa shape index (κ3) is 5.44. The first kappa shape index (κ1) is 24.1. The molecule has 3 aromatic rings. The molecule has 1 atom stereocenters. The summed E-state index contributed by atoms with van der Waals surface area (Å²) < 4.78 is 5.31. The first-order valence-corrected chi connectivity index (χ1v) is 12.7. The van der Waals surface area contributed by atoms with Crippen molar-refractivity contribution in [1.82, 2.24) is 15.1 Å². The predicted molar refractivity (Wildman–Crippen MR) is 140 cm³/mol. The van der Waals surface area contributed by atoms with E-state index >= 15 is 0 Å². The Bertz CT molecular complexity index is 1190. The van der Waals surface area contributed by atoms with Gasteiger partial charge in [0.2, 0.25) is 5.91 Å². The molecule has 0 spiro atoms. The molecule has 0 radical (unpaired) electrons. The van der Waals surface area contributed by atoms with Crippen molar-refractivity contribution < 1.29 is 14.3 Å². The van der Waals surface area contributed by atoms with E-state index in [-0.39, 0.29) is 30.3 Å². The standard InChI is InChI=1S/C30H33N3O3/c1-36-26-13-11-23(12-14-26)28(33-21-24-9-5-6-10-27(24)30(33)35)19-29(34)31-25-15-17-32(18-16-25)20-22-7-3-2-4-8-22/h2-14,25,28H,15-21H2,1H3,(H,31,34). The Hall–Kier alpha value is -3.64. The molecule has 6 nitrogen and oxygen atoms in total. The third-order valence-electron chi connectivity index (χ3n) is 7.31. The molecule has 1 N–H and O–H groups in total. The van der Waals surface area contributed by atoms with Gasteiger partial charge in [0, 0.05) is 37.8 Å². The normalized spacial score (nSPS) is 17.0. The van der Waals surface area contributed by atoms with Crippen LogP contribution in [0.25, 0.3) is 0 Å². The van der Waals surface area contributed by atoms with E-state index in [2.05, 4.69) is 34.5 Å². The molecule has 0 aromatic heterocycles. The molecule has 0 saturated carbocycles. The van der Waals surface area contributed by atoms with Gasteiger partial charge < -0.3 is 15.0 Å². The van der Waals surface area contributed by atoms with Gasteiger partial charge in [-0.1, -0.05) is 60.7 Å². The van der Waals surface area contributed by atoms with Crippen molar-refractivity contribution in [3.8, 4) is 5.75 Å². The Kier molecular flexibility index (Phi) is 7.33. The van der Waals surface area contributed by atoms with E-state index < -0.39 is 0 Å². The number of ether oxygens (including phenoxy) is 1. The molecule has 5 rings (SSSR count). The average Bonchev–Trinajstić information content (AvgIpc) is 3.25. The van der Waals surface area contributed by atoms with Crippen molar-refractivity contribution in [3.05, 3.63) is 101 Å². The Morgan fingerprint density at radius 3 is 2.36 bits per heavy atom. The molecule has 2 heterocycles. The number of rotatable bonds is 8. The number of likely N-dealkylation sites (tertiary alicyclic amines) is 1. The number of piperidine rings is 1. The fourth-order valence-corrected chi connectivity index (χ4v) is 5.30. The van der Waals surface area contributed by atoms with Crippen molar-refractivity contribution in [2.75, 3.05) is 20.2 Å². The molecule has 6 heteroatoms. The predicted octanol–water partition coefficient (Wildman–Crippen LogP) is 4.56. The lowest BCUT2D eigenvalue weighted by molar-refractivity contribution is -0.123. The summed E-state index contributed by atoms with van der Waals surface area (Å²) in [6.45, 7) is 3.37. The van der Waals surface area contributed by atoms with E-state index in [0.29, 0.717) is 6.54 Å². The summed E-state index contributed by atoms with van der Waals surface area (Å²) in [6, 6.07) is 25.7. The highest BCUT2D eigenvalue weighted by Gasteiger charge is 2.35. The van der Waals surface area contributed by atoms with Crippen molar-refractivity contribution in [2.24, 2.45) is 0 Å². The maximum atomic E-state index is 13.3. The Morgan fingerprint density at radius 2 is 1.67 bits per heavy atom. The van der Waals surface area contributed by atoms with E-state index in [9.17, 15) is 9.59 Å². The summed E-state index contributed by atoms with van der Waals surface area (Å²) in [4.78, 5) is 30.8. The number of hydrogen-bond acceptors (Lipinski definition) is 4. The van der Waals surface area contributed by atoms with E-state index in [0.717, 1.165) is 54.9 Å². The highest BCUT2D eigenvalue weighted by Crippen LogP contribution is 2.34. The van der Waals surface area contributed by atoms with Gasteiger partial charge in [-0.25, -0.2) is 0 Å². The molecule has 1 unspecified atom stereocenters. The molecular weight excluding hydrogens is 450 g/mol. The summed E-state index contributed by atoms with van der Waals surface area (Å²) in [5.74, 6) is 0.717. The van der Waals surface area contributed by atoms with Gasteiger partial charge in [0.25, 0.3) is 5.91 Å². The molecule has 2 amide bonds. The second-order valence-corrected chi connectivity index (χ2v) is 9.69. The first-order valence-electron chi connectivity index (χ1n) is 12.7. The number of carbonyl (C=O) groups excluding carboxylic acids is 2. The minimum Gasteiger partial charge on any atom is -0.497 e. The van der Waals surface area contributed by atoms with Crippen LogP contribution in [0.15, 0.2) is 78.9 Å². The molecule has 1 saturated heterocycles. The fraction of sp³-hybridized carbons (Fsp3) is 0.333. The lowest BCUT2D eigenvalue weighted by Crippen LogP contribution is -2.45. The summed E-state index contributed by atoms with van der Waals surface area (Å²) in [6.07, 6.45) is 2.09. The molecule has 2 aliphatic heterocycles. The second kappa shape index (κ2) is 11.0. The van der Waals surface area contributed by atoms with Crippen LogP contribution in [-0.2, 0) is 17.9 Å². The zero-order valence-electron chi connectivity index (χ0n) is 20.7. The number of nitrogens with zero attached hydrogens (tertiary/aromatic N) is 2. The summed E-state index contributed by atoms with van der Waals surface area (Å²) in [7, 11) is 1.63. The van der Waals surface area contributed by atoms with Crippen LogP contribution in [0.4, 0.5) is 0 Å². The number of nitrogens with one attached hydrogen (secondary N) is 1. The summed E-state index contributed by atoms with van der Waals surface area (Å²) in [5.41, 5.74) is 3.98. The van der Waals surface area contributed by atoms with Crippen LogP contribution < -0.4 is 10.1 Å². The molecule has 186 valence electrons. The number of amides is 2. The monoisotopic (exact) mass is 483 g/mol. The van der Waals surface area contributed by atoms with Gasteiger partial charge in [-0.05, 0) is 47.7 Å². The lowest BCUT2D eigenvalue weighted by atomic mass is 9.99. The van der Waals surface area contributed by atoms with Gasteiger partial charge in [-0.15, -0.1) is 0 Å². The molecule has 1 fully saturated rings. The van der Waals surface area contributed by atoms with Gasteiger partial charge in [0.1, 0.15) is 5.75 Å². The van der Waals surface area contributed by atoms with Gasteiger partial charge in [-0.2, -0.15) is 0 Å². The van der Waals surface area contributed by atoms with E-state index in [1.807, 2.05) is 59.5 Å². The topological polar surface area (TPSA) is 61.9 Å². The van der Waals surface area contributed by atoms with E-state index in [1.54, 1.807) is 7.11 Å². The molecule has 36 heavy (non-hydrogen) atoms. The number of hydrogen-bond donors (Lipinski definition) is 1. The van der Waals surface area contributed by atoms with E-state index in [1.165, 1.54) is 5.56 Å². The average molecular weight is 484 g/mol. The van der Waals surface area contributed by atoms with Gasteiger partial charge in [0.15, 0.2) is 0 Å². The Balaban J connectivity index is 1.23. The lowest BCUT2D eigenvalue weighted by Gasteiger charge is -2.33. The number of methoxy groups -OCH3 is 1. The highest BCUT2D eigenvalue weighted by molar-refractivity contribution is 5.98. The number of benzene rings is 3. The molecular formula is C30H33N3O3. The maximum absolute atomic E-state index is 13.3. The van der Waals surface area contributed by atoms with Crippen LogP contribution in [0.2, 0.25) is 0 Å². The quantitative estimate of drug-likeness (QED) is 0.510. The summed E-state index contributed by atoms with van der Waals surface area (Å²) in [5, 5.41) is 3.26. The number of carbonyl (C=O) groups is 2. The largest absolute Gasteiger partial charge is 0.497 e. The molecule has 0 aliphatic carbocycles. The smallest absolute Gasteiger partial charge is 0.255 e. The zero-order chi connectivity index (χ0) is 24.9. The minimum absolute atomic E-state index is 0.0129. The Morgan fingerprint density at radius 1 is 0.972 bits per heavy atom. The molecule has 3 aromatic carbocycles. The second-order valence-electron chi connectivity index (χ2n) is 9.69. The van der Waals surface area contributed by atoms with Gasteiger partial charge in [0.05, 0.1) is 19.6 Å². The molecule has 2 aliphatic rings. The highest BCUT2D eigenvalue weighted by atomic mass is 16.5. The van der Waals surface area contributed by atoms with E-state index in [4.69, 9.17) is 4.74 Å². The zero-order valence-corrected chi connectivity index (χ0v) is 20.7.